The first-order chi connectivity index (χ1) is 20.0. The Hall–Kier alpha value is -4.10. The number of rotatable bonds is 4. The van der Waals surface area contributed by atoms with E-state index in [1.54, 1.807) is 6.20 Å². The zero-order valence-corrected chi connectivity index (χ0v) is 23.0. The summed E-state index contributed by atoms with van der Waals surface area (Å²) in [5.74, 6) is 0.857. The molecule has 2 aliphatic heterocycles. The van der Waals surface area contributed by atoms with Crippen LogP contribution < -0.4 is 10.6 Å². The van der Waals surface area contributed by atoms with Gasteiger partial charge in [-0.1, -0.05) is 55.3 Å². The van der Waals surface area contributed by atoms with Gasteiger partial charge in [0.2, 0.25) is 11.8 Å². The summed E-state index contributed by atoms with van der Waals surface area (Å²) in [7, 11) is 0. The molecule has 2 aromatic carbocycles. The molecular weight excluding hydrogens is 510 g/mol. The van der Waals surface area contributed by atoms with Crippen molar-refractivity contribution in [2.75, 3.05) is 11.9 Å². The van der Waals surface area contributed by atoms with Crippen molar-refractivity contribution in [3.63, 3.8) is 0 Å². The minimum atomic E-state index is -0.590. The zero-order valence-electron chi connectivity index (χ0n) is 23.0. The number of aromatic nitrogens is 2. The molecule has 4 heterocycles. The van der Waals surface area contributed by atoms with Crippen molar-refractivity contribution in [3.05, 3.63) is 101 Å². The molecule has 2 N–H and O–H groups in total. The SMILES string of the molecule is O=C1NC2(CCCC2)CN(Cc2ccc3cc4c(cc3n2)C[C@]2(C4)C(=O)Nc3ncccc32)C1Cc1ccccc1. The van der Waals surface area contributed by atoms with Crippen molar-refractivity contribution in [2.45, 2.75) is 68.5 Å². The number of hydrogen-bond acceptors (Lipinski definition) is 5. The zero-order chi connectivity index (χ0) is 27.6. The molecule has 2 aromatic heterocycles. The van der Waals surface area contributed by atoms with Crippen LogP contribution in [-0.4, -0.2) is 44.8 Å². The molecule has 2 spiro atoms. The predicted molar refractivity (Wildman–Crippen MR) is 157 cm³/mol. The van der Waals surface area contributed by atoms with Crippen molar-refractivity contribution in [2.24, 2.45) is 0 Å². The lowest BCUT2D eigenvalue weighted by atomic mass is 9.79. The fraction of sp³-hybridized carbons (Fsp3) is 0.353. The first-order valence-corrected chi connectivity index (χ1v) is 14.8. The standard InChI is InChI=1S/C34H33N5O2/c40-31-29(15-22-7-2-1-3-8-22)39(21-33(38-31)12-4-5-13-33)20-26-11-10-23-16-24-18-34(19-25(24)17-28(23)36-26)27-9-6-14-35-30(27)37-32(34)41/h1-3,6-11,14,16-17,29H,4-5,12-13,15,18-21H2,(H,38,40)(H,35,37,41)/t29?,34-/m0/s1. The Kier molecular flexibility index (Phi) is 5.54. The van der Waals surface area contributed by atoms with Gasteiger partial charge in [0.1, 0.15) is 5.82 Å². The lowest BCUT2D eigenvalue weighted by Crippen LogP contribution is -2.66. The monoisotopic (exact) mass is 543 g/mol. The van der Waals surface area contributed by atoms with Crippen LogP contribution in [0.3, 0.4) is 0 Å². The number of piperazine rings is 1. The fourth-order valence-electron chi connectivity index (χ4n) is 7.84. The molecule has 0 radical (unpaired) electrons. The minimum Gasteiger partial charge on any atom is -0.348 e. The van der Waals surface area contributed by atoms with E-state index < -0.39 is 5.41 Å². The van der Waals surface area contributed by atoms with Crippen LogP contribution in [0, 0.1) is 0 Å². The number of hydrogen-bond donors (Lipinski definition) is 2. The molecule has 4 aromatic rings. The van der Waals surface area contributed by atoms with Gasteiger partial charge < -0.3 is 10.6 Å². The van der Waals surface area contributed by atoms with Crippen molar-refractivity contribution in [1.29, 1.82) is 0 Å². The number of carbonyl (C=O) groups excluding carboxylic acids is 2. The molecular formula is C34H33N5O2. The Morgan fingerprint density at radius 3 is 2.56 bits per heavy atom. The van der Waals surface area contributed by atoms with Gasteiger partial charge in [0.25, 0.3) is 0 Å². The number of carbonyl (C=O) groups is 2. The first-order valence-electron chi connectivity index (χ1n) is 14.8. The molecule has 7 heteroatoms. The highest BCUT2D eigenvalue weighted by Gasteiger charge is 2.51. The average molecular weight is 544 g/mol. The van der Waals surface area contributed by atoms with Gasteiger partial charge in [-0.25, -0.2) is 4.98 Å². The highest BCUT2D eigenvalue weighted by atomic mass is 16.2. The third kappa shape index (κ3) is 4.05. The summed E-state index contributed by atoms with van der Waals surface area (Å²) in [4.78, 5) is 38.6. The van der Waals surface area contributed by atoms with Crippen LogP contribution in [0.1, 0.15) is 53.6 Å². The number of amides is 2. The van der Waals surface area contributed by atoms with Crippen molar-refractivity contribution in [3.8, 4) is 0 Å². The van der Waals surface area contributed by atoms with E-state index in [1.165, 1.54) is 16.7 Å². The van der Waals surface area contributed by atoms with Gasteiger partial charge in [0.15, 0.2) is 0 Å². The number of pyridine rings is 2. The maximum atomic E-state index is 13.5. The number of nitrogens with zero attached hydrogens (tertiary/aromatic N) is 3. The molecule has 1 saturated carbocycles. The van der Waals surface area contributed by atoms with Gasteiger partial charge in [-0.3, -0.25) is 19.5 Å². The van der Waals surface area contributed by atoms with E-state index in [2.05, 4.69) is 56.9 Å². The summed E-state index contributed by atoms with van der Waals surface area (Å²) in [6.45, 7) is 1.48. The smallest absolute Gasteiger partial charge is 0.238 e. The molecule has 1 saturated heterocycles. The Bertz CT molecular complexity index is 1700. The molecule has 8 rings (SSSR count). The van der Waals surface area contributed by atoms with Crippen LogP contribution in [0.15, 0.2) is 72.9 Å². The third-order valence-electron chi connectivity index (χ3n) is 9.88. The Balaban J connectivity index is 1.10. The summed E-state index contributed by atoms with van der Waals surface area (Å²) in [5.41, 5.74) is 5.75. The molecule has 4 aliphatic rings. The van der Waals surface area contributed by atoms with Gasteiger partial charge in [-0.05, 0) is 73.1 Å². The molecule has 1 unspecified atom stereocenters. The van der Waals surface area contributed by atoms with E-state index in [4.69, 9.17) is 4.98 Å². The summed E-state index contributed by atoms with van der Waals surface area (Å²) in [5, 5.41) is 7.52. The second-order valence-corrected chi connectivity index (χ2v) is 12.5. The molecule has 7 nitrogen and oxygen atoms in total. The second-order valence-electron chi connectivity index (χ2n) is 12.5. The molecule has 0 bridgehead atoms. The van der Waals surface area contributed by atoms with Crippen molar-refractivity contribution < 1.29 is 9.59 Å². The summed E-state index contributed by atoms with van der Waals surface area (Å²) in [6, 6.07) is 22.6. The van der Waals surface area contributed by atoms with Crippen LogP contribution in [0.5, 0.6) is 0 Å². The predicted octanol–water partition coefficient (Wildman–Crippen LogP) is 4.47. The first kappa shape index (κ1) is 24.7. The number of nitrogens with one attached hydrogen (secondary N) is 2. The Labute approximate surface area is 239 Å². The van der Waals surface area contributed by atoms with E-state index >= 15 is 0 Å². The van der Waals surface area contributed by atoms with Gasteiger partial charge >= 0.3 is 0 Å². The minimum absolute atomic E-state index is 0.0359. The average Bonchev–Trinajstić information content (AvgIpc) is 3.66. The van der Waals surface area contributed by atoms with E-state index in [0.717, 1.165) is 54.4 Å². The molecule has 41 heavy (non-hydrogen) atoms. The van der Waals surface area contributed by atoms with Gasteiger partial charge in [0.05, 0.1) is 28.2 Å². The van der Waals surface area contributed by atoms with E-state index in [-0.39, 0.29) is 23.4 Å². The lowest BCUT2D eigenvalue weighted by molar-refractivity contribution is -0.134. The lowest BCUT2D eigenvalue weighted by Gasteiger charge is -2.45. The molecule has 2 amide bonds. The fourth-order valence-corrected chi connectivity index (χ4v) is 7.84. The van der Waals surface area contributed by atoms with E-state index in [1.807, 2.05) is 30.3 Å². The van der Waals surface area contributed by atoms with Crippen molar-refractivity contribution in [1.82, 2.24) is 20.2 Å². The highest BCUT2D eigenvalue weighted by molar-refractivity contribution is 6.06. The maximum absolute atomic E-state index is 13.5. The molecule has 2 atom stereocenters. The van der Waals surface area contributed by atoms with E-state index in [0.29, 0.717) is 31.6 Å². The molecule has 2 fully saturated rings. The number of benzene rings is 2. The summed E-state index contributed by atoms with van der Waals surface area (Å²) < 4.78 is 0. The Morgan fingerprint density at radius 1 is 0.927 bits per heavy atom. The second kappa shape index (κ2) is 9.21. The third-order valence-corrected chi connectivity index (χ3v) is 9.88. The van der Waals surface area contributed by atoms with Crippen LogP contribution in [0.25, 0.3) is 10.9 Å². The maximum Gasteiger partial charge on any atom is 0.238 e. The van der Waals surface area contributed by atoms with E-state index in [9.17, 15) is 9.59 Å². The molecule has 2 aliphatic carbocycles. The summed E-state index contributed by atoms with van der Waals surface area (Å²) >= 11 is 0. The Morgan fingerprint density at radius 2 is 1.73 bits per heavy atom. The number of fused-ring (bicyclic) bond motifs is 4. The van der Waals surface area contributed by atoms with Crippen LogP contribution in [0.4, 0.5) is 5.82 Å². The normalized spacial score (nSPS) is 24.5. The topological polar surface area (TPSA) is 87.2 Å². The van der Waals surface area contributed by atoms with Crippen molar-refractivity contribution >= 4 is 28.5 Å². The summed E-state index contributed by atoms with van der Waals surface area (Å²) in [6.07, 6.45) is 8.15. The largest absolute Gasteiger partial charge is 0.348 e. The molecule has 206 valence electrons. The van der Waals surface area contributed by atoms with Gasteiger partial charge in [0, 0.05) is 30.2 Å². The quantitative estimate of drug-likeness (QED) is 0.397. The van der Waals surface area contributed by atoms with Crippen LogP contribution >= 0.6 is 0 Å². The number of anilines is 1. The van der Waals surface area contributed by atoms with Crippen LogP contribution in [0.2, 0.25) is 0 Å². The van der Waals surface area contributed by atoms with Gasteiger partial charge in [-0.2, -0.15) is 0 Å². The van der Waals surface area contributed by atoms with Crippen LogP contribution in [-0.2, 0) is 40.8 Å². The highest BCUT2D eigenvalue weighted by Crippen LogP contribution is 2.47. The van der Waals surface area contributed by atoms with Gasteiger partial charge in [-0.15, -0.1) is 0 Å².